The van der Waals surface area contributed by atoms with Gasteiger partial charge >= 0.3 is 6.03 Å². The molecule has 0 aliphatic heterocycles. The van der Waals surface area contributed by atoms with Crippen molar-refractivity contribution in [3.05, 3.63) is 78.1 Å². The summed E-state index contributed by atoms with van der Waals surface area (Å²) in [6.07, 6.45) is 1.40. The van der Waals surface area contributed by atoms with E-state index in [1.54, 1.807) is 47.1 Å². The molecule has 35 heavy (non-hydrogen) atoms. The van der Waals surface area contributed by atoms with Crippen LogP contribution < -0.4 is 22.1 Å². The number of anilines is 3. The maximum atomic E-state index is 13.4. The highest BCUT2D eigenvalue weighted by Crippen LogP contribution is 2.27. The van der Waals surface area contributed by atoms with Crippen molar-refractivity contribution in [1.82, 2.24) is 19.3 Å². The van der Waals surface area contributed by atoms with Crippen LogP contribution in [-0.2, 0) is 5.41 Å². The number of nitrogen functional groups attached to an aromatic ring is 1. The molecular weight excluding hydrogens is 451 g/mol. The summed E-state index contributed by atoms with van der Waals surface area (Å²) >= 11 is 0. The molecule has 0 fully saturated rings. The van der Waals surface area contributed by atoms with Crippen LogP contribution in [0.15, 0.2) is 60.9 Å². The Morgan fingerprint density at radius 2 is 1.60 bits per heavy atom. The number of nitrogens with one attached hydrogen (secondary N) is 2. The zero-order valence-electron chi connectivity index (χ0n) is 19.4. The first kappa shape index (κ1) is 23.5. The zero-order chi connectivity index (χ0) is 25.3. The lowest BCUT2D eigenvalue weighted by Crippen LogP contribution is -2.21. The second-order valence-corrected chi connectivity index (χ2v) is 8.89. The summed E-state index contributed by atoms with van der Waals surface area (Å²) in [4.78, 5) is 28.0. The number of halogens is 1. The molecule has 0 radical (unpaired) electrons. The van der Waals surface area contributed by atoms with Crippen LogP contribution in [0.25, 0.3) is 11.4 Å². The maximum Gasteiger partial charge on any atom is 0.324 e. The monoisotopic (exact) mass is 476 g/mol. The second kappa shape index (κ2) is 8.93. The summed E-state index contributed by atoms with van der Waals surface area (Å²) in [5.74, 6) is -0.526. The van der Waals surface area contributed by atoms with Crippen LogP contribution in [0.3, 0.4) is 0 Å². The van der Waals surface area contributed by atoms with Gasteiger partial charge in [-0.1, -0.05) is 20.8 Å². The van der Waals surface area contributed by atoms with Crippen molar-refractivity contribution in [1.29, 1.82) is 0 Å². The van der Waals surface area contributed by atoms with Crippen molar-refractivity contribution in [2.24, 2.45) is 5.73 Å². The number of carbonyl (C=O) groups is 2. The minimum Gasteiger partial charge on any atom is -0.383 e. The second-order valence-electron chi connectivity index (χ2n) is 8.89. The van der Waals surface area contributed by atoms with Crippen molar-refractivity contribution in [2.45, 2.75) is 26.2 Å². The number of nitrogens with zero attached hydrogens (tertiary/aromatic N) is 4. The van der Waals surface area contributed by atoms with Gasteiger partial charge in [0.2, 0.25) is 0 Å². The number of benzene rings is 2. The topological polar surface area (TPSA) is 146 Å². The minimum atomic E-state index is -0.717. The van der Waals surface area contributed by atoms with Gasteiger partial charge in [-0.15, -0.1) is 0 Å². The number of amides is 3. The van der Waals surface area contributed by atoms with Crippen molar-refractivity contribution in [3.8, 4) is 11.4 Å². The molecule has 0 saturated carbocycles. The third-order valence-electron chi connectivity index (χ3n) is 5.23. The SMILES string of the molecule is CC(C)(C)c1cc(NC(=O)Nc2ccc(-n3cnc(C(N)=O)c3N)cc2)n(-c2ccc(F)cc2)n1. The summed E-state index contributed by atoms with van der Waals surface area (Å²) in [6, 6.07) is 13.9. The molecule has 0 aliphatic carbocycles. The third-order valence-corrected chi connectivity index (χ3v) is 5.23. The summed E-state index contributed by atoms with van der Waals surface area (Å²) in [5.41, 5.74) is 13.4. The number of aromatic nitrogens is 4. The molecule has 2 aromatic heterocycles. The van der Waals surface area contributed by atoms with Gasteiger partial charge in [0.1, 0.15) is 23.8 Å². The first-order valence-corrected chi connectivity index (χ1v) is 10.7. The number of nitrogens with two attached hydrogens (primary N) is 2. The van der Waals surface area contributed by atoms with Gasteiger partial charge in [-0.05, 0) is 48.5 Å². The van der Waals surface area contributed by atoms with E-state index in [1.807, 2.05) is 20.8 Å². The first-order chi connectivity index (χ1) is 16.5. The number of hydrogen-bond donors (Lipinski definition) is 4. The van der Waals surface area contributed by atoms with Gasteiger partial charge in [0.15, 0.2) is 5.69 Å². The maximum absolute atomic E-state index is 13.4. The van der Waals surface area contributed by atoms with Crippen LogP contribution in [0.2, 0.25) is 0 Å². The Balaban J connectivity index is 1.53. The third kappa shape index (κ3) is 4.98. The van der Waals surface area contributed by atoms with Gasteiger partial charge in [0.25, 0.3) is 5.91 Å². The molecule has 0 unspecified atom stereocenters. The minimum absolute atomic E-state index is 0.0148. The lowest BCUT2D eigenvalue weighted by molar-refractivity contribution is 0.0997. The molecule has 0 saturated heterocycles. The van der Waals surface area contributed by atoms with Gasteiger partial charge in [0.05, 0.1) is 11.4 Å². The fourth-order valence-electron chi connectivity index (χ4n) is 3.35. The molecule has 0 spiro atoms. The molecule has 11 heteroatoms. The van der Waals surface area contributed by atoms with Gasteiger partial charge in [-0.25, -0.2) is 18.9 Å². The number of carbonyl (C=O) groups excluding carboxylic acids is 2. The number of rotatable bonds is 5. The molecule has 0 bridgehead atoms. The van der Waals surface area contributed by atoms with Gasteiger partial charge in [-0.3, -0.25) is 14.7 Å². The van der Waals surface area contributed by atoms with E-state index >= 15 is 0 Å². The molecule has 2 aromatic carbocycles. The van der Waals surface area contributed by atoms with Crippen LogP contribution in [0, 0.1) is 5.82 Å². The van der Waals surface area contributed by atoms with Crippen molar-refractivity contribution < 1.29 is 14.0 Å². The fourth-order valence-corrected chi connectivity index (χ4v) is 3.35. The molecule has 10 nitrogen and oxygen atoms in total. The number of hydrogen-bond acceptors (Lipinski definition) is 5. The average molecular weight is 477 g/mol. The highest BCUT2D eigenvalue weighted by Gasteiger charge is 2.22. The molecular formula is C24H25FN8O2. The van der Waals surface area contributed by atoms with E-state index in [4.69, 9.17) is 11.5 Å². The van der Waals surface area contributed by atoms with Gasteiger partial charge in [-0.2, -0.15) is 5.10 Å². The predicted octanol–water partition coefficient (Wildman–Crippen LogP) is 3.82. The summed E-state index contributed by atoms with van der Waals surface area (Å²) in [5, 5.41) is 10.2. The van der Waals surface area contributed by atoms with Gasteiger partial charge < -0.3 is 16.8 Å². The summed E-state index contributed by atoms with van der Waals surface area (Å²) < 4.78 is 16.5. The summed E-state index contributed by atoms with van der Waals surface area (Å²) in [6.45, 7) is 6.03. The summed E-state index contributed by atoms with van der Waals surface area (Å²) in [7, 11) is 0. The molecule has 180 valence electrons. The molecule has 3 amide bonds. The largest absolute Gasteiger partial charge is 0.383 e. The standard InChI is InChI=1S/C24H25FN8O2/c1-24(2,3)18-12-19(33(31-18)17-8-4-14(25)5-9-17)30-23(35)29-15-6-10-16(11-7-15)32-13-28-20(21(32)26)22(27)34/h4-13H,26H2,1-3H3,(H2,27,34)(H2,29,30,35). The molecule has 2 heterocycles. The van der Waals surface area contributed by atoms with Crippen LogP contribution in [-0.4, -0.2) is 31.3 Å². The van der Waals surface area contributed by atoms with Crippen LogP contribution in [0.1, 0.15) is 37.0 Å². The van der Waals surface area contributed by atoms with E-state index in [2.05, 4.69) is 20.7 Å². The Kier molecular flexibility index (Phi) is 6.00. The highest BCUT2D eigenvalue weighted by atomic mass is 19.1. The lowest BCUT2D eigenvalue weighted by atomic mass is 9.92. The van der Waals surface area contributed by atoms with E-state index in [0.717, 1.165) is 5.69 Å². The molecule has 0 atom stereocenters. The van der Waals surface area contributed by atoms with Crippen molar-refractivity contribution in [2.75, 3.05) is 16.4 Å². The number of imidazole rings is 1. The lowest BCUT2D eigenvalue weighted by Gasteiger charge is -2.14. The van der Waals surface area contributed by atoms with E-state index in [9.17, 15) is 14.0 Å². The van der Waals surface area contributed by atoms with Crippen LogP contribution >= 0.6 is 0 Å². The van der Waals surface area contributed by atoms with E-state index in [1.165, 1.54) is 23.0 Å². The van der Waals surface area contributed by atoms with E-state index in [0.29, 0.717) is 22.9 Å². The predicted molar refractivity (Wildman–Crippen MR) is 131 cm³/mol. The van der Waals surface area contributed by atoms with Crippen molar-refractivity contribution in [3.63, 3.8) is 0 Å². The zero-order valence-corrected chi connectivity index (χ0v) is 19.4. The Morgan fingerprint density at radius 1 is 0.971 bits per heavy atom. The molecule has 4 aromatic rings. The molecule has 4 rings (SSSR count). The van der Waals surface area contributed by atoms with Crippen molar-refractivity contribution >= 4 is 29.3 Å². The Hall–Kier alpha value is -4.67. The Labute approximate surface area is 200 Å². The fraction of sp³-hybridized carbons (Fsp3) is 0.167. The average Bonchev–Trinajstić information content (AvgIpc) is 3.39. The van der Waals surface area contributed by atoms with Gasteiger partial charge in [0, 0.05) is 22.9 Å². The highest BCUT2D eigenvalue weighted by molar-refractivity contribution is 5.99. The smallest absolute Gasteiger partial charge is 0.324 e. The quantitative estimate of drug-likeness (QED) is 0.346. The Bertz CT molecular complexity index is 1380. The number of urea groups is 1. The molecule has 6 N–H and O–H groups in total. The van der Waals surface area contributed by atoms with E-state index < -0.39 is 11.9 Å². The van der Waals surface area contributed by atoms with Crippen LogP contribution in [0.5, 0.6) is 0 Å². The molecule has 0 aliphatic rings. The van der Waals surface area contributed by atoms with E-state index in [-0.39, 0.29) is 22.7 Å². The first-order valence-electron chi connectivity index (χ1n) is 10.7. The van der Waals surface area contributed by atoms with Crippen LogP contribution in [0.4, 0.5) is 26.5 Å². The normalized spacial score (nSPS) is 11.3. The number of primary amides is 1. The Morgan fingerprint density at radius 3 is 2.17 bits per heavy atom.